The normalized spacial score (nSPS) is 10.4. The van der Waals surface area contributed by atoms with Gasteiger partial charge in [0.05, 0.1) is 0 Å². The van der Waals surface area contributed by atoms with Gasteiger partial charge >= 0.3 is 0 Å². The fraction of sp³-hybridized carbons (Fsp3) is 0. The van der Waals surface area contributed by atoms with Crippen LogP contribution in [-0.4, -0.2) is 0 Å². The predicted octanol–water partition coefficient (Wildman–Crippen LogP) is 5.26. The van der Waals surface area contributed by atoms with Crippen molar-refractivity contribution in [2.24, 2.45) is 0 Å². The first-order chi connectivity index (χ1) is 9.74. The molecule has 0 spiro atoms. The maximum Gasteiger partial charge on any atom is 0.0413 e. The van der Waals surface area contributed by atoms with Gasteiger partial charge in [0.25, 0.3) is 0 Å². The highest BCUT2D eigenvalue weighted by atomic mass is 35.5. The minimum absolute atomic E-state index is 0.694. The van der Waals surface area contributed by atoms with Gasteiger partial charge in [-0.3, -0.25) is 0 Å². The number of rotatable bonds is 2. The Morgan fingerprint density at radius 1 is 0.650 bits per heavy atom. The van der Waals surface area contributed by atoms with Crippen LogP contribution >= 0.6 is 11.6 Å². The van der Waals surface area contributed by atoms with Gasteiger partial charge < -0.3 is 5.73 Å². The summed E-state index contributed by atoms with van der Waals surface area (Å²) in [4.78, 5) is 0. The van der Waals surface area contributed by atoms with Crippen LogP contribution in [0.25, 0.3) is 22.3 Å². The van der Waals surface area contributed by atoms with Crippen LogP contribution in [0.5, 0.6) is 0 Å². The van der Waals surface area contributed by atoms with Gasteiger partial charge in [0.1, 0.15) is 0 Å². The topological polar surface area (TPSA) is 26.0 Å². The molecule has 0 unspecified atom stereocenters. The zero-order valence-corrected chi connectivity index (χ0v) is 11.6. The maximum atomic E-state index is 6.07. The Morgan fingerprint density at radius 2 is 1.35 bits per heavy atom. The molecule has 0 aliphatic heterocycles. The molecule has 0 amide bonds. The van der Waals surface area contributed by atoms with Crippen LogP contribution < -0.4 is 5.73 Å². The van der Waals surface area contributed by atoms with Gasteiger partial charge in [0.2, 0.25) is 0 Å². The van der Waals surface area contributed by atoms with Crippen LogP contribution in [0.1, 0.15) is 0 Å². The van der Waals surface area contributed by atoms with Crippen molar-refractivity contribution in [3.8, 4) is 22.3 Å². The zero-order valence-electron chi connectivity index (χ0n) is 10.9. The van der Waals surface area contributed by atoms with Crippen molar-refractivity contribution in [2.45, 2.75) is 0 Å². The van der Waals surface area contributed by atoms with Gasteiger partial charge in [-0.2, -0.15) is 0 Å². The van der Waals surface area contributed by atoms with Crippen molar-refractivity contribution >= 4 is 17.3 Å². The van der Waals surface area contributed by atoms with Crippen LogP contribution in [0.15, 0.2) is 72.8 Å². The van der Waals surface area contributed by atoms with Crippen LogP contribution in [-0.2, 0) is 0 Å². The Kier molecular flexibility index (Phi) is 3.44. The fourth-order valence-electron chi connectivity index (χ4n) is 2.28. The summed E-state index contributed by atoms with van der Waals surface area (Å²) in [6.07, 6.45) is 0. The van der Waals surface area contributed by atoms with E-state index < -0.39 is 0 Å². The number of hydrogen-bond acceptors (Lipinski definition) is 1. The van der Waals surface area contributed by atoms with Crippen LogP contribution in [0.2, 0.25) is 5.02 Å². The summed E-state index contributed by atoms with van der Waals surface area (Å²) in [7, 11) is 0. The lowest BCUT2D eigenvalue weighted by Gasteiger charge is -2.09. The third-order valence-electron chi connectivity index (χ3n) is 3.30. The number of hydrogen-bond donors (Lipinski definition) is 1. The summed E-state index contributed by atoms with van der Waals surface area (Å²) in [5.41, 5.74) is 11.2. The molecule has 0 atom stereocenters. The quantitative estimate of drug-likeness (QED) is 0.637. The van der Waals surface area contributed by atoms with Gasteiger partial charge in [-0.15, -0.1) is 0 Å². The Bertz CT molecular complexity index is 735. The van der Waals surface area contributed by atoms with E-state index in [1.54, 1.807) is 6.07 Å². The molecule has 0 aliphatic rings. The van der Waals surface area contributed by atoms with Crippen LogP contribution in [0.4, 0.5) is 5.69 Å². The van der Waals surface area contributed by atoms with Gasteiger partial charge in [0, 0.05) is 16.3 Å². The third-order valence-corrected chi connectivity index (χ3v) is 3.53. The molecule has 3 rings (SSSR count). The zero-order chi connectivity index (χ0) is 13.9. The van der Waals surface area contributed by atoms with Crippen LogP contribution in [0, 0.1) is 0 Å². The number of halogens is 1. The Labute approximate surface area is 123 Å². The summed E-state index contributed by atoms with van der Waals surface area (Å²) in [6.45, 7) is 0. The molecule has 20 heavy (non-hydrogen) atoms. The minimum Gasteiger partial charge on any atom is -0.398 e. The molecule has 2 N–H and O–H groups in total. The minimum atomic E-state index is 0.694. The summed E-state index contributed by atoms with van der Waals surface area (Å²) in [5.74, 6) is 0. The lowest BCUT2D eigenvalue weighted by molar-refractivity contribution is 1.58. The second-order valence-corrected chi connectivity index (χ2v) is 5.11. The first-order valence-corrected chi connectivity index (χ1v) is 6.83. The average Bonchev–Trinajstić information content (AvgIpc) is 2.51. The lowest BCUT2D eigenvalue weighted by atomic mass is 9.98. The molecule has 3 aromatic rings. The van der Waals surface area contributed by atoms with E-state index in [1.807, 2.05) is 36.4 Å². The highest BCUT2D eigenvalue weighted by Crippen LogP contribution is 2.31. The highest BCUT2D eigenvalue weighted by Gasteiger charge is 2.05. The number of anilines is 1. The molecular weight excluding hydrogens is 266 g/mol. The number of nitrogen functional groups attached to an aromatic ring is 1. The molecule has 0 saturated heterocycles. The van der Waals surface area contributed by atoms with Crippen molar-refractivity contribution in [3.05, 3.63) is 77.8 Å². The molecule has 2 heteroatoms. The van der Waals surface area contributed by atoms with Crippen molar-refractivity contribution in [2.75, 3.05) is 5.73 Å². The molecule has 0 aromatic heterocycles. The maximum absolute atomic E-state index is 6.07. The second-order valence-electron chi connectivity index (χ2n) is 4.68. The third kappa shape index (κ3) is 2.54. The summed E-state index contributed by atoms with van der Waals surface area (Å²) >= 11 is 6.07. The smallest absolute Gasteiger partial charge is 0.0413 e. The van der Waals surface area contributed by atoms with Gasteiger partial charge in [-0.1, -0.05) is 60.1 Å². The van der Waals surface area contributed by atoms with Gasteiger partial charge in [-0.05, 0) is 41.0 Å². The van der Waals surface area contributed by atoms with E-state index in [-0.39, 0.29) is 0 Å². The average molecular weight is 280 g/mol. The molecular formula is C18H14ClN. The Morgan fingerprint density at radius 3 is 2.15 bits per heavy atom. The van der Waals surface area contributed by atoms with E-state index >= 15 is 0 Å². The van der Waals surface area contributed by atoms with Gasteiger partial charge in [-0.25, -0.2) is 0 Å². The lowest BCUT2D eigenvalue weighted by Crippen LogP contribution is -1.90. The SMILES string of the molecule is Nc1ccc(Cl)cc1-c1cccc(-c2ccccc2)c1. The van der Waals surface area contributed by atoms with Crippen molar-refractivity contribution in [3.63, 3.8) is 0 Å². The van der Waals surface area contributed by atoms with Crippen LogP contribution in [0.3, 0.4) is 0 Å². The summed E-state index contributed by atoms with van der Waals surface area (Å²) in [6, 6.07) is 24.2. The molecule has 0 bridgehead atoms. The summed E-state index contributed by atoms with van der Waals surface area (Å²) < 4.78 is 0. The predicted molar refractivity (Wildman–Crippen MR) is 86.7 cm³/mol. The van der Waals surface area contributed by atoms with E-state index in [0.717, 1.165) is 16.8 Å². The van der Waals surface area contributed by atoms with Crippen molar-refractivity contribution < 1.29 is 0 Å². The monoisotopic (exact) mass is 279 g/mol. The van der Waals surface area contributed by atoms with E-state index in [2.05, 4.69) is 30.3 Å². The standard InChI is InChI=1S/C18H14ClN/c19-16-9-10-18(20)17(12-16)15-8-4-7-14(11-15)13-5-2-1-3-6-13/h1-12H,20H2. The van der Waals surface area contributed by atoms with E-state index in [9.17, 15) is 0 Å². The molecule has 0 radical (unpaired) electrons. The first-order valence-electron chi connectivity index (χ1n) is 6.45. The Hall–Kier alpha value is -2.25. The molecule has 3 aromatic carbocycles. The molecule has 98 valence electrons. The van der Waals surface area contributed by atoms with E-state index in [0.29, 0.717) is 5.02 Å². The second kappa shape index (κ2) is 5.40. The molecule has 0 heterocycles. The number of benzene rings is 3. The van der Waals surface area contributed by atoms with Gasteiger partial charge in [0.15, 0.2) is 0 Å². The van der Waals surface area contributed by atoms with E-state index in [4.69, 9.17) is 17.3 Å². The molecule has 1 nitrogen and oxygen atoms in total. The highest BCUT2D eigenvalue weighted by molar-refractivity contribution is 6.31. The molecule has 0 fully saturated rings. The molecule has 0 saturated carbocycles. The van der Waals surface area contributed by atoms with Crippen molar-refractivity contribution in [1.82, 2.24) is 0 Å². The van der Waals surface area contributed by atoms with E-state index in [1.165, 1.54) is 11.1 Å². The fourth-order valence-corrected chi connectivity index (χ4v) is 2.45. The molecule has 0 aliphatic carbocycles. The largest absolute Gasteiger partial charge is 0.398 e. The first kappa shape index (κ1) is 12.8. The summed E-state index contributed by atoms with van der Waals surface area (Å²) in [5, 5.41) is 0.694. The Balaban J connectivity index is 2.10. The van der Waals surface area contributed by atoms with Crippen molar-refractivity contribution in [1.29, 1.82) is 0 Å². The number of nitrogens with two attached hydrogens (primary N) is 1.